The summed E-state index contributed by atoms with van der Waals surface area (Å²) in [5.74, 6) is 0.934. The van der Waals surface area contributed by atoms with Crippen LogP contribution < -0.4 is 11.1 Å². The van der Waals surface area contributed by atoms with Gasteiger partial charge in [-0.1, -0.05) is 25.7 Å². The Bertz CT molecular complexity index is 384. The van der Waals surface area contributed by atoms with Gasteiger partial charge < -0.3 is 11.1 Å². The molecule has 0 spiro atoms. The van der Waals surface area contributed by atoms with Crippen molar-refractivity contribution < 1.29 is 0 Å². The van der Waals surface area contributed by atoms with Gasteiger partial charge in [-0.05, 0) is 41.3 Å². The summed E-state index contributed by atoms with van der Waals surface area (Å²) in [6.07, 6.45) is 9.61. The Morgan fingerprint density at radius 1 is 1.29 bits per heavy atom. The second-order valence-corrected chi connectivity index (χ2v) is 5.63. The van der Waals surface area contributed by atoms with Crippen molar-refractivity contribution in [3.05, 3.63) is 16.2 Å². The Morgan fingerprint density at radius 2 is 1.94 bits per heavy atom. The summed E-state index contributed by atoms with van der Waals surface area (Å²) < 4.78 is 1.00. The Morgan fingerprint density at radius 3 is 2.59 bits per heavy atom. The number of pyridine rings is 1. The van der Waals surface area contributed by atoms with Gasteiger partial charge >= 0.3 is 0 Å². The number of hydrogen-bond acceptors (Lipinski definition) is 3. The minimum atomic E-state index is 0.560. The summed E-state index contributed by atoms with van der Waals surface area (Å²) in [7, 11) is 0. The standard InChI is InChI=1S/C13H20BrN3/c1-9-11(15)8-16-13(12(9)14)17-10-6-4-2-3-5-7-10/h8,10H,2-7,15H2,1H3,(H,16,17). The molecule has 1 saturated carbocycles. The summed E-state index contributed by atoms with van der Waals surface area (Å²) in [4.78, 5) is 4.38. The van der Waals surface area contributed by atoms with Crippen LogP contribution in [0.25, 0.3) is 0 Å². The summed E-state index contributed by atoms with van der Waals surface area (Å²) in [6.45, 7) is 2.01. The molecule has 2 rings (SSSR count). The minimum Gasteiger partial charge on any atom is -0.397 e. The molecule has 0 aromatic carbocycles. The fourth-order valence-corrected chi connectivity index (χ4v) is 2.76. The van der Waals surface area contributed by atoms with Crippen LogP contribution in [0, 0.1) is 6.92 Å². The average Bonchev–Trinajstić information content (AvgIpc) is 2.59. The molecule has 17 heavy (non-hydrogen) atoms. The molecule has 0 aliphatic heterocycles. The van der Waals surface area contributed by atoms with Crippen LogP contribution in [-0.2, 0) is 0 Å². The quantitative estimate of drug-likeness (QED) is 0.815. The maximum absolute atomic E-state index is 5.83. The number of halogens is 1. The first-order chi connectivity index (χ1) is 8.18. The highest BCUT2D eigenvalue weighted by molar-refractivity contribution is 9.10. The number of nitrogens with two attached hydrogens (primary N) is 1. The molecule has 0 saturated heterocycles. The lowest BCUT2D eigenvalue weighted by atomic mass is 10.1. The van der Waals surface area contributed by atoms with Crippen LogP contribution in [0.4, 0.5) is 11.5 Å². The molecule has 3 N–H and O–H groups in total. The molecule has 1 aliphatic carbocycles. The molecular formula is C13H20BrN3. The van der Waals surface area contributed by atoms with Crippen LogP contribution >= 0.6 is 15.9 Å². The van der Waals surface area contributed by atoms with Crippen LogP contribution in [0.3, 0.4) is 0 Å². The Hall–Kier alpha value is -0.770. The lowest BCUT2D eigenvalue weighted by molar-refractivity contribution is 0.617. The summed E-state index contributed by atoms with van der Waals surface area (Å²) in [5.41, 5.74) is 7.63. The third-order valence-corrected chi connectivity index (χ3v) is 4.47. The molecule has 1 aliphatic rings. The first-order valence-electron chi connectivity index (χ1n) is 6.35. The molecule has 3 nitrogen and oxygen atoms in total. The van der Waals surface area contributed by atoms with Crippen LogP contribution in [0.2, 0.25) is 0 Å². The highest BCUT2D eigenvalue weighted by atomic mass is 79.9. The number of anilines is 2. The van der Waals surface area contributed by atoms with Crippen molar-refractivity contribution in [3.8, 4) is 0 Å². The summed E-state index contributed by atoms with van der Waals surface area (Å²) >= 11 is 3.57. The number of nitrogens with zero attached hydrogens (tertiary/aromatic N) is 1. The van der Waals surface area contributed by atoms with E-state index in [9.17, 15) is 0 Å². The van der Waals surface area contributed by atoms with E-state index in [1.165, 1.54) is 38.5 Å². The lowest BCUT2D eigenvalue weighted by Gasteiger charge is -2.18. The highest BCUT2D eigenvalue weighted by Crippen LogP contribution is 2.29. The molecule has 0 radical (unpaired) electrons. The smallest absolute Gasteiger partial charge is 0.140 e. The Balaban J connectivity index is 2.09. The van der Waals surface area contributed by atoms with Crippen LogP contribution in [-0.4, -0.2) is 11.0 Å². The van der Waals surface area contributed by atoms with Crippen molar-refractivity contribution in [2.75, 3.05) is 11.1 Å². The number of aromatic nitrogens is 1. The van der Waals surface area contributed by atoms with Gasteiger partial charge in [0, 0.05) is 6.04 Å². The van der Waals surface area contributed by atoms with E-state index < -0.39 is 0 Å². The normalized spacial score (nSPS) is 17.8. The maximum atomic E-state index is 5.83. The molecule has 4 heteroatoms. The van der Waals surface area contributed by atoms with E-state index in [1.54, 1.807) is 6.20 Å². The molecule has 1 fully saturated rings. The highest BCUT2D eigenvalue weighted by Gasteiger charge is 2.15. The van der Waals surface area contributed by atoms with Gasteiger partial charge in [0.05, 0.1) is 16.4 Å². The summed E-state index contributed by atoms with van der Waals surface area (Å²) in [5, 5.41) is 3.54. The van der Waals surface area contributed by atoms with Gasteiger partial charge in [-0.25, -0.2) is 4.98 Å². The van der Waals surface area contributed by atoms with Gasteiger partial charge in [0.25, 0.3) is 0 Å². The number of rotatable bonds is 2. The van der Waals surface area contributed by atoms with Crippen molar-refractivity contribution in [3.63, 3.8) is 0 Å². The van der Waals surface area contributed by atoms with Gasteiger partial charge in [-0.3, -0.25) is 0 Å². The molecular weight excluding hydrogens is 278 g/mol. The maximum Gasteiger partial charge on any atom is 0.140 e. The third kappa shape index (κ3) is 3.12. The Kier molecular flexibility index (Phi) is 4.26. The lowest BCUT2D eigenvalue weighted by Crippen LogP contribution is -2.19. The Labute approximate surface area is 111 Å². The van der Waals surface area contributed by atoms with Gasteiger partial charge in [-0.15, -0.1) is 0 Å². The van der Waals surface area contributed by atoms with Gasteiger partial charge in [0.1, 0.15) is 5.82 Å². The molecule has 1 aromatic heterocycles. The van der Waals surface area contributed by atoms with Crippen molar-refractivity contribution in [2.45, 2.75) is 51.5 Å². The number of nitrogen functional groups attached to an aromatic ring is 1. The fourth-order valence-electron chi connectivity index (χ4n) is 2.31. The molecule has 0 unspecified atom stereocenters. The van der Waals surface area contributed by atoms with Crippen LogP contribution in [0.5, 0.6) is 0 Å². The second-order valence-electron chi connectivity index (χ2n) is 4.83. The van der Waals surface area contributed by atoms with Crippen molar-refractivity contribution in [1.29, 1.82) is 0 Å². The van der Waals surface area contributed by atoms with E-state index in [2.05, 4.69) is 26.2 Å². The fraction of sp³-hybridized carbons (Fsp3) is 0.615. The largest absolute Gasteiger partial charge is 0.397 e. The molecule has 0 bridgehead atoms. The zero-order valence-electron chi connectivity index (χ0n) is 10.3. The van der Waals surface area contributed by atoms with Crippen molar-refractivity contribution in [2.24, 2.45) is 0 Å². The predicted molar refractivity (Wildman–Crippen MR) is 76.2 cm³/mol. The van der Waals surface area contributed by atoms with Gasteiger partial charge in [0.2, 0.25) is 0 Å². The molecule has 0 atom stereocenters. The van der Waals surface area contributed by atoms with Gasteiger partial charge in [-0.2, -0.15) is 0 Å². The van der Waals surface area contributed by atoms with Gasteiger partial charge in [0.15, 0.2) is 0 Å². The van der Waals surface area contributed by atoms with E-state index >= 15 is 0 Å². The van der Waals surface area contributed by atoms with E-state index in [0.29, 0.717) is 6.04 Å². The molecule has 1 heterocycles. The van der Waals surface area contributed by atoms with E-state index in [4.69, 9.17) is 5.73 Å². The van der Waals surface area contributed by atoms with Crippen LogP contribution in [0.15, 0.2) is 10.7 Å². The monoisotopic (exact) mass is 297 g/mol. The first-order valence-corrected chi connectivity index (χ1v) is 7.15. The molecule has 1 aromatic rings. The summed E-state index contributed by atoms with van der Waals surface area (Å²) in [6, 6.07) is 0.560. The molecule has 94 valence electrons. The number of hydrogen-bond donors (Lipinski definition) is 2. The van der Waals surface area contributed by atoms with Crippen molar-refractivity contribution in [1.82, 2.24) is 4.98 Å². The zero-order chi connectivity index (χ0) is 12.3. The van der Waals surface area contributed by atoms with E-state index in [-0.39, 0.29) is 0 Å². The average molecular weight is 298 g/mol. The van der Waals surface area contributed by atoms with Crippen LogP contribution in [0.1, 0.15) is 44.1 Å². The topological polar surface area (TPSA) is 50.9 Å². The number of nitrogens with one attached hydrogen (secondary N) is 1. The second kappa shape index (κ2) is 5.71. The molecule has 0 amide bonds. The van der Waals surface area contributed by atoms with E-state index in [1.807, 2.05) is 6.92 Å². The predicted octanol–water partition coefficient (Wildman–Crippen LogP) is 3.87. The zero-order valence-corrected chi connectivity index (χ0v) is 11.9. The first kappa shape index (κ1) is 12.7. The minimum absolute atomic E-state index is 0.560. The van der Waals surface area contributed by atoms with E-state index in [0.717, 1.165) is 21.5 Å². The third-order valence-electron chi connectivity index (χ3n) is 3.50. The SMILES string of the molecule is Cc1c(N)cnc(NC2CCCCCC2)c1Br. The van der Waals surface area contributed by atoms with Crippen molar-refractivity contribution >= 4 is 27.4 Å².